The van der Waals surface area contributed by atoms with Gasteiger partial charge in [0.1, 0.15) is 11.6 Å². The van der Waals surface area contributed by atoms with Gasteiger partial charge in [-0.3, -0.25) is 0 Å². The molecule has 7 nitrogen and oxygen atoms in total. The van der Waals surface area contributed by atoms with Crippen molar-refractivity contribution in [3.05, 3.63) is 47.7 Å². The van der Waals surface area contributed by atoms with E-state index in [1.807, 2.05) is 0 Å². The van der Waals surface area contributed by atoms with E-state index in [0.29, 0.717) is 17.3 Å². The van der Waals surface area contributed by atoms with Gasteiger partial charge in [-0.2, -0.15) is 9.97 Å². The summed E-state index contributed by atoms with van der Waals surface area (Å²) in [6.07, 6.45) is 4.29. The number of methoxy groups -OCH3 is 1. The lowest BCUT2D eigenvalue weighted by molar-refractivity contribution is 0.216. The second kappa shape index (κ2) is 5.80. The standard InChI is InChI=1S/C17H16FN5O2/c1-24-16-20-9-12(13(19)21-16)14-22-15(25-23-14)17(7-2-8-17)10-3-5-11(18)6-4-10/h3-6,9H,2,7-8H2,1H3,(H2,19,20,21). The molecule has 128 valence electrons. The minimum atomic E-state index is -0.374. The molecule has 0 saturated heterocycles. The van der Waals surface area contributed by atoms with Crippen LogP contribution < -0.4 is 10.5 Å². The fourth-order valence-electron chi connectivity index (χ4n) is 3.10. The first-order valence-electron chi connectivity index (χ1n) is 7.89. The molecule has 0 unspecified atom stereocenters. The Kier molecular flexibility index (Phi) is 3.60. The number of anilines is 1. The number of nitrogens with two attached hydrogens (primary N) is 1. The van der Waals surface area contributed by atoms with E-state index in [-0.39, 0.29) is 23.1 Å². The largest absolute Gasteiger partial charge is 0.467 e. The molecule has 3 aromatic rings. The van der Waals surface area contributed by atoms with Crippen LogP contribution in [0, 0.1) is 5.82 Å². The van der Waals surface area contributed by atoms with Crippen LogP contribution in [0.4, 0.5) is 10.2 Å². The Morgan fingerprint density at radius 3 is 2.56 bits per heavy atom. The second-order valence-corrected chi connectivity index (χ2v) is 6.02. The number of hydrogen-bond donors (Lipinski definition) is 1. The fourth-order valence-corrected chi connectivity index (χ4v) is 3.10. The highest BCUT2D eigenvalue weighted by molar-refractivity contribution is 5.67. The minimum absolute atomic E-state index is 0.173. The van der Waals surface area contributed by atoms with Gasteiger partial charge < -0.3 is 15.0 Å². The van der Waals surface area contributed by atoms with Crippen LogP contribution in [0.2, 0.25) is 0 Å². The topological polar surface area (TPSA) is 100.0 Å². The highest BCUT2D eigenvalue weighted by Crippen LogP contribution is 2.48. The van der Waals surface area contributed by atoms with Crippen molar-refractivity contribution >= 4 is 5.82 Å². The van der Waals surface area contributed by atoms with Gasteiger partial charge in [0.15, 0.2) is 0 Å². The summed E-state index contributed by atoms with van der Waals surface area (Å²) in [5.41, 5.74) is 7.00. The maximum Gasteiger partial charge on any atom is 0.318 e. The Labute approximate surface area is 143 Å². The third kappa shape index (κ3) is 2.50. The molecule has 0 amide bonds. The lowest BCUT2D eigenvalue weighted by atomic mass is 9.64. The summed E-state index contributed by atoms with van der Waals surface area (Å²) in [4.78, 5) is 12.6. The van der Waals surface area contributed by atoms with E-state index < -0.39 is 0 Å². The maximum absolute atomic E-state index is 13.2. The number of ether oxygens (including phenoxy) is 1. The Morgan fingerprint density at radius 2 is 1.96 bits per heavy atom. The van der Waals surface area contributed by atoms with Crippen LogP contribution in [0.1, 0.15) is 30.7 Å². The first kappa shape index (κ1) is 15.5. The number of nitrogen functional groups attached to an aromatic ring is 1. The molecule has 0 atom stereocenters. The fraction of sp³-hybridized carbons (Fsp3) is 0.294. The molecule has 2 aromatic heterocycles. The average molecular weight is 341 g/mol. The molecule has 2 N–H and O–H groups in total. The number of hydrogen-bond acceptors (Lipinski definition) is 7. The number of benzene rings is 1. The summed E-state index contributed by atoms with van der Waals surface area (Å²) in [5, 5.41) is 4.03. The van der Waals surface area contributed by atoms with Gasteiger partial charge in [-0.1, -0.05) is 23.7 Å². The third-order valence-corrected chi connectivity index (χ3v) is 4.66. The van der Waals surface area contributed by atoms with Gasteiger partial charge in [0, 0.05) is 6.20 Å². The van der Waals surface area contributed by atoms with Crippen LogP contribution in [0.25, 0.3) is 11.4 Å². The summed E-state index contributed by atoms with van der Waals surface area (Å²) >= 11 is 0. The minimum Gasteiger partial charge on any atom is -0.467 e. The molecule has 1 fully saturated rings. The molecular formula is C17H16FN5O2. The molecule has 0 bridgehead atoms. The van der Waals surface area contributed by atoms with Crippen molar-refractivity contribution in [3.63, 3.8) is 0 Å². The van der Waals surface area contributed by atoms with E-state index in [2.05, 4.69) is 20.1 Å². The third-order valence-electron chi connectivity index (χ3n) is 4.66. The first-order valence-corrected chi connectivity index (χ1v) is 7.89. The van der Waals surface area contributed by atoms with Gasteiger partial charge >= 0.3 is 6.01 Å². The summed E-state index contributed by atoms with van der Waals surface area (Å²) in [5.74, 6) is 0.760. The molecular weight excluding hydrogens is 325 g/mol. The van der Waals surface area contributed by atoms with Crippen molar-refractivity contribution in [3.8, 4) is 17.4 Å². The zero-order valence-electron chi connectivity index (χ0n) is 13.6. The van der Waals surface area contributed by atoms with Crippen molar-refractivity contribution in [2.75, 3.05) is 12.8 Å². The van der Waals surface area contributed by atoms with Crippen LogP contribution in [-0.2, 0) is 5.41 Å². The molecule has 1 saturated carbocycles. The van der Waals surface area contributed by atoms with Crippen LogP contribution >= 0.6 is 0 Å². The molecule has 0 spiro atoms. The van der Waals surface area contributed by atoms with E-state index in [0.717, 1.165) is 24.8 Å². The summed E-state index contributed by atoms with van der Waals surface area (Å²) in [6, 6.07) is 6.60. The number of halogens is 1. The molecule has 1 aliphatic carbocycles. The van der Waals surface area contributed by atoms with Gasteiger partial charge in [-0.05, 0) is 30.5 Å². The highest BCUT2D eigenvalue weighted by Gasteiger charge is 2.45. The molecule has 8 heteroatoms. The molecule has 0 aliphatic heterocycles. The molecule has 25 heavy (non-hydrogen) atoms. The quantitative estimate of drug-likeness (QED) is 0.778. The Hall–Kier alpha value is -3.03. The maximum atomic E-state index is 13.2. The lowest BCUT2D eigenvalue weighted by Gasteiger charge is -2.38. The number of rotatable bonds is 4. The lowest BCUT2D eigenvalue weighted by Crippen LogP contribution is -2.35. The van der Waals surface area contributed by atoms with Crippen LogP contribution in [-0.4, -0.2) is 27.2 Å². The van der Waals surface area contributed by atoms with Crippen molar-refractivity contribution in [1.29, 1.82) is 0 Å². The van der Waals surface area contributed by atoms with Gasteiger partial charge in [-0.15, -0.1) is 0 Å². The average Bonchev–Trinajstić information content (AvgIpc) is 3.05. The van der Waals surface area contributed by atoms with Gasteiger partial charge in [0.25, 0.3) is 0 Å². The number of aromatic nitrogens is 4. The smallest absolute Gasteiger partial charge is 0.318 e. The van der Waals surface area contributed by atoms with Crippen LogP contribution in [0.3, 0.4) is 0 Å². The molecule has 4 rings (SSSR count). The zero-order chi connectivity index (χ0) is 17.4. The summed E-state index contributed by atoms with van der Waals surface area (Å²) in [7, 11) is 1.46. The van der Waals surface area contributed by atoms with E-state index in [9.17, 15) is 4.39 Å². The molecule has 0 radical (unpaired) electrons. The van der Waals surface area contributed by atoms with E-state index in [1.54, 1.807) is 12.1 Å². The van der Waals surface area contributed by atoms with Gasteiger partial charge in [0.05, 0.1) is 18.1 Å². The normalized spacial score (nSPS) is 15.6. The van der Waals surface area contributed by atoms with Crippen molar-refractivity contribution in [2.24, 2.45) is 0 Å². The Bertz CT molecular complexity index is 906. The molecule has 2 heterocycles. The number of nitrogens with zero attached hydrogens (tertiary/aromatic N) is 4. The van der Waals surface area contributed by atoms with E-state index in [1.165, 1.54) is 25.4 Å². The highest BCUT2D eigenvalue weighted by atomic mass is 19.1. The van der Waals surface area contributed by atoms with Gasteiger partial charge in [-0.25, -0.2) is 9.37 Å². The molecule has 1 aliphatic rings. The first-order chi connectivity index (χ1) is 12.1. The summed E-state index contributed by atoms with van der Waals surface area (Å²) in [6.45, 7) is 0. The van der Waals surface area contributed by atoms with Crippen molar-refractivity contribution < 1.29 is 13.7 Å². The van der Waals surface area contributed by atoms with Crippen molar-refractivity contribution in [1.82, 2.24) is 20.1 Å². The molecule has 1 aromatic carbocycles. The predicted molar refractivity (Wildman–Crippen MR) is 87.3 cm³/mol. The predicted octanol–water partition coefficient (Wildman–Crippen LogP) is 2.73. The van der Waals surface area contributed by atoms with Crippen molar-refractivity contribution in [2.45, 2.75) is 24.7 Å². The SMILES string of the molecule is COc1ncc(-c2noc(C3(c4ccc(F)cc4)CCC3)n2)c(N)n1. The van der Waals surface area contributed by atoms with Crippen LogP contribution in [0.15, 0.2) is 35.0 Å². The van der Waals surface area contributed by atoms with Gasteiger partial charge in [0.2, 0.25) is 11.7 Å². The second-order valence-electron chi connectivity index (χ2n) is 6.02. The Balaban J connectivity index is 1.72. The zero-order valence-corrected chi connectivity index (χ0v) is 13.6. The van der Waals surface area contributed by atoms with E-state index in [4.69, 9.17) is 15.0 Å². The van der Waals surface area contributed by atoms with E-state index >= 15 is 0 Å². The van der Waals surface area contributed by atoms with Crippen LogP contribution in [0.5, 0.6) is 6.01 Å². The monoisotopic (exact) mass is 341 g/mol. The summed E-state index contributed by atoms with van der Waals surface area (Å²) < 4.78 is 23.7. The Morgan fingerprint density at radius 1 is 1.20 bits per heavy atom.